The third-order valence-electron chi connectivity index (χ3n) is 3.98. The minimum Gasteiger partial charge on any atom is -0.372 e. The quantitative estimate of drug-likeness (QED) is 0.876. The molecule has 1 aromatic carbocycles. The van der Waals surface area contributed by atoms with E-state index in [1.54, 1.807) is 6.20 Å². The molecule has 0 unspecified atom stereocenters. The van der Waals surface area contributed by atoms with E-state index < -0.39 is 0 Å². The molecule has 1 fully saturated rings. The normalized spacial score (nSPS) is 21.7. The predicted molar refractivity (Wildman–Crippen MR) is 81.4 cm³/mol. The molecule has 2 heterocycles. The van der Waals surface area contributed by atoms with Crippen LogP contribution in [0.3, 0.4) is 0 Å². The van der Waals surface area contributed by atoms with Crippen LogP contribution in [0.4, 0.5) is 0 Å². The minimum absolute atomic E-state index is 0.0387. The summed E-state index contributed by atoms with van der Waals surface area (Å²) < 4.78 is 5.78. The number of nitrogens with one attached hydrogen (secondary N) is 1. The molecule has 1 N–H and O–H groups in total. The van der Waals surface area contributed by atoms with Gasteiger partial charge in [-0.2, -0.15) is 5.10 Å². The summed E-state index contributed by atoms with van der Waals surface area (Å²) in [5.41, 5.74) is 2.25. The lowest BCUT2D eigenvalue weighted by molar-refractivity contribution is -0.0979. The molecule has 21 heavy (non-hydrogen) atoms. The van der Waals surface area contributed by atoms with Crippen molar-refractivity contribution in [3.8, 4) is 0 Å². The van der Waals surface area contributed by atoms with Crippen molar-refractivity contribution in [2.45, 2.75) is 39.3 Å². The molecule has 0 radical (unpaired) electrons. The Balaban J connectivity index is 2.01. The summed E-state index contributed by atoms with van der Waals surface area (Å²) in [6.07, 6.45) is 1.76. The second-order valence-corrected chi connectivity index (χ2v) is 6.50. The zero-order valence-corrected chi connectivity index (χ0v) is 12.9. The number of amides is 1. The van der Waals surface area contributed by atoms with Gasteiger partial charge in [0.25, 0.3) is 5.91 Å². The molecule has 1 aromatic heterocycles. The molecule has 1 amide bonds. The number of carbonyl (C=O) groups is 1. The number of ether oxygens (including phenoxy) is 1. The van der Waals surface area contributed by atoms with E-state index in [-0.39, 0.29) is 17.6 Å². The van der Waals surface area contributed by atoms with Crippen LogP contribution in [0, 0.1) is 6.92 Å². The number of carbonyl (C=O) groups excluding carboxylic acids is 1. The number of hydrogen-bond donors (Lipinski definition) is 1. The number of morpholine rings is 1. The van der Waals surface area contributed by atoms with Crippen molar-refractivity contribution in [3.05, 3.63) is 29.5 Å². The summed E-state index contributed by atoms with van der Waals surface area (Å²) in [6, 6.07) is 4.03. The molecule has 3 rings (SSSR count). The van der Waals surface area contributed by atoms with Crippen LogP contribution in [0.2, 0.25) is 0 Å². The van der Waals surface area contributed by atoms with Gasteiger partial charge in [0.1, 0.15) is 0 Å². The molecule has 0 aliphatic carbocycles. The van der Waals surface area contributed by atoms with Gasteiger partial charge in [0.15, 0.2) is 0 Å². The molecule has 5 heteroatoms. The van der Waals surface area contributed by atoms with Crippen molar-refractivity contribution < 1.29 is 9.53 Å². The first-order chi connectivity index (χ1) is 9.87. The smallest absolute Gasteiger partial charge is 0.256 e. The highest BCUT2D eigenvalue weighted by Crippen LogP contribution is 2.25. The third kappa shape index (κ3) is 2.53. The van der Waals surface area contributed by atoms with Crippen LogP contribution < -0.4 is 0 Å². The Bertz CT molecular complexity index is 690. The molecular weight excluding hydrogens is 266 g/mol. The van der Waals surface area contributed by atoms with Crippen LogP contribution in [-0.2, 0) is 4.74 Å². The van der Waals surface area contributed by atoms with Crippen LogP contribution >= 0.6 is 0 Å². The number of rotatable bonds is 1. The number of H-pyrrole nitrogens is 1. The van der Waals surface area contributed by atoms with Gasteiger partial charge in [0.05, 0.1) is 35.5 Å². The monoisotopic (exact) mass is 287 g/mol. The molecule has 5 nitrogen and oxygen atoms in total. The van der Waals surface area contributed by atoms with Crippen molar-refractivity contribution in [2.24, 2.45) is 0 Å². The van der Waals surface area contributed by atoms with E-state index in [1.165, 1.54) is 0 Å². The number of nitrogens with zero attached hydrogens (tertiary/aromatic N) is 2. The van der Waals surface area contributed by atoms with Crippen LogP contribution in [0.15, 0.2) is 18.3 Å². The first-order valence-electron chi connectivity index (χ1n) is 7.26. The fraction of sp³-hybridized carbons (Fsp3) is 0.500. The Morgan fingerprint density at radius 3 is 3.00 bits per heavy atom. The second kappa shape index (κ2) is 4.84. The average molecular weight is 287 g/mol. The number of aromatic nitrogens is 2. The van der Waals surface area contributed by atoms with Crippen molar-refractivity contribution in [2.75, 3.05) is 13.2 Å². The van der Waals surface area contributed by atoms with Gasteiger partial charge in [-0.3, -0.25) is 9.89 Å². The second-order valence-electron chi connectivity index (χ2n) is 6.50. The Morgan fingerprint density at radius 1 is 1.48 bits per heavy atom. The van der Waals surface area contributed by atoms with Gasteiger partial charge in [-0.1, -0.05) is 0 Å². The minimum atomic E-state index is -0.306. The van der Waals surface area contributed by atoms with Crippen molar-refractivity contribution in [1.82, 2.24) is 15.1 Å². The van der Waals surface area contributed by atoms with Crippen molar-refractivity contribution >= 4 is 16.8 Å². The molecule has 1 atom stereocenters. The summed E-state index contributed by atoms with van der Waals surface area (Å²) in [5, 5.41) is 7.97. The van der Waals surface area contributed by atoms with Crippen LogP contribution in [0.1, 0.15) is 36.7 Å². The highest BCUT2D eigenvalue weighted by Gasteiger charge is 2.35. The molecule has 1 aliphatic rings. The summed E-state index contributed by atoms with van der Waals surface area (Å²) in [4.78, 5) is 14.9. The SMILES string of the molecule is Cc1cc(C(=O)N2CC(C)(C)OC[C@@H]2C)c2[nH]ncc2c1. The first kappa shape index (κ1) is 14.1. The molecule has 0 saturated carbocycles. The summed E-state index contributed by atoms with van der Waals surface area (Å²) in [5.74, 6) is 0.0387. The van der Waals surface area contributed by atoms with E-state index in [0.717, 1.165) is 16.5 Å². The Hall–Kier alpha value is -1.88. The summed E-state index contributed by atoms with van der Waals surface area (Å²) in [6.45, 7) is 9.21. The molecule has 1 saturated heterocycles. The number of hydrogen-bond acceptors (Lipinski definition) is 3. The van der Waals surface area contributed by atoms with Gasteiger partial charge in [-0.25, -0.2) is 0 Å². The van der Waals surface area contributed by atoms with Gasteiger partial charge in [0.2, 0.25) is 0 Å². The van der Waals surface area contributed by atoms with Gasteiger partial charge >= 0.3 is 0 Å². The molecule has 0 bridgehead atoms. The van der Waals surface area contributed by atoms with E-state index in [2.05, 4.69) is 10.2 Å². The highest BCUT2D eigenvalue weighted by molar-refractivity contribution is 6.05. The van der Waals surface area contributed by atoms with Gasteiger partial charge in [-0.05, 0) is 45.4 Å². The maximum atomic E-state index is 13.0. The molecule has 112 valence electrons. The fourth-order valence-corrected chi connectivity index (χ4v) is 2.85. The average Bonchev–Trinajstić information content (AvgIpc) is 2.88. The maximum absolute atomic E-state index is 13.0. The Labute approximate surface area is 124 Å². The van der Waals surface area contributed by atoms with Gasteiger partial charge < -0.3 is 9.64 Å². The number of aromatic amines is 1. The first-order valence-corrected chi connectivity index (χ1v) is 7.26. The molecule has 0 spiro atoms. The van der Waals surface area contributed by atoms with Gasteiger partial charge in [0, 0.05) is 11.9 Å². The number of aryl methyl sites for hydroxylation is 1. The van der Waals surface area contributed by atoms with E-state index in [0.29, 0.717) is 18.7 Å². The van der Waals surface area contributed by atoms with Crippen molar-refractivity contribution in [3.63, 3.8) is 0 Å². The topological polar surface area (TPSA) is 58.2 Å². The zero-order valence-electron chi connectivity index (χ0n) is 12.9. The molecular formula is C16H21N3O2. The van der Waals surface area contributed by atoms with Gasteiger partial charge in [-0.15, -0.1) is 0 Å². The predicted octanol–water partition coefficient (Wildman–Crippen LogP) is 2.51. The number of benzene rings is 1. The standard InChI is InChI=1S/C16H21N3O2/c1-10-5-12-7-17-18-14(12)13(6-10)15(20)19-9-16(3,4)21-8-11(19)2/h5-7,11H,8-9H2,1-4H3,(H,17,18)/t11-/m0/s1. The van der Waals surface area contributed by atoms with E-state index in [4.69, 9.17) is 4.74 Å². The lowest BCUT2D eigenvalue weighted by Gasteiger charge is -2.42. The Morgan fingerprint density at radius 2 is 2.24 bits per heavy atom. The molecule has 2 aromatic rings. The molecule has 1 aliphatic heterocycles. The van der Waals surface area contributed by atoms with Crippen LogP contribution in [0.25, 0.3) is 10.9 Å². The lowest BCUT2D eigenvalue weighted by atomic mass is 10.0. The van der Waals surface area contributed by atoms with Crippen LogP contribution in [-0.4, -0.2) is 45.8 Å². The fourth-order valence-electron chi connectivity index (χ4n) is 2.85. The van der Waals surface area contributed by atoms with E-state index in [9.17, 15) is 4.79 Å². The highest BCUT2D eigenvalue weighted by atomic mass is 16.5. The zero-order chi connectivity index (χ0) is 15.2. The van der Waals surface area contributed by atoms with E-state index >= 15 is 0 Å². The number of fused-ring (bicyclic) bond motifs is 1. The summed E-state index contributed by atoms with van der Waals surface area (Å²) >= 11 is 0. The maximum Gasteiger partial charge on any atom is 0.256 e. The summed E-state index contributed by atoms with van der Waals surface area (Å²) in [7, 11) is 0. The third-order valence-corrected chi connectivity index (χ3v) is 3.98. The lowest BCUT2D eigenvalue weighted by Crippen LogP contribution is -2.55. The Kier molecular flexibility index (Phi) is 3.24. The van der Waals surface area contributed by atoms with E-state index in [1.807, 2.05) is 44.7 Å². The largest absolute Gasteiger partial charge is 0.372 e. The van der Waals surface area contributed by atoms with Crippen molar-refractivity contribution in [1.29, 1.82) is 0 Å². The van der Waals surface area contributed by atoms with Crippen LogP contribution in [0.5, 0.6) is 0 Å².